The molecule has 0 bridgehead atoms. The third-order valence-corrected chi connectivity index (χ3v) is 4.10. The van der Waals surface area contributed by atoms with Gasteiger partial charge in [-0.1, -0.05) is 25.1 Å². The average molecular weight is 370 g/mol. The van der Waals surface area contributed by atoms with Gasteiger partial charge in [0.15, 0.2) is 6.61 Å². The first kappa shape index (κ1) is 20.3. The summed E-state index contributed by atoms with van der Waals surface area (Å²) in [5.41, 5.74) is 7.05. The first-order valence-electron chi connectivity index (χ1n) is 8.95. The van der Waals surface area contributed by atoms with Crippen molar-refractivity contribution in [3.63, 3.8) is 0 Å². The second kappa shape index (κ2) is 9.62. The number of hydrogen-bond acceptors (Lipinski definition) is 4. The first-order valence-corrected chi connectivity index (χ1v) is 8.95. The van der Waals surface area contributed by atoms with Crippen molar-refractivity contribution in [2.75, 3.05) is 6.61 Å². The smallest absolute Gasteiger partial charge is 0.276 e. The maximum Gasteiger partial charge on any atom is 0.276 e. The van der Waals surface area contributed by atoms with Gasteiger partial charge in [0.1, 0.15) is 11.5 Å². The number of amides is 2. The lowest BCUT2D eigenvalue weighted by Gasteiger charge is -2.13. The summed E-state index contributed by atoms with van der Waals surface area (Å²) in [6.45, 7) is 7.66. The van der Waals surface area contributed by atoms with Gasteiger partial charge >= 0.3 is 0 Å². The summed E-state index contributed by atoms with van der Waals surface area (Å²) < 4.78 is 11.2. The monoisotopic (exact) mass is 370 g/mol. The topological polar surface area (TPSA) is 76.7 Å². The quantitative estimate of drug-likeness (QED) is 0.733. The molecule has 0 radical (unpaired) electrons. The van der Waals surface area contributed by atoms with Crippen LogP contribution in [0.15, 0.2) is 42.5 Å². The van der Waals surface area contributed by atoms with Crippen LogP contribution >= 0.6 is 0 Å². The van der Waals surface area contributed by atoms with Gasteiger partial charge in [-0.15, -0.1) is 0 Å². The third-order valence-electron chi connectivity index (χ3n) is 4.10. The van der Waals surface area contributed by atoms with E-state index < -0.39 is 11.8 Å². The second-order valence-corrected chi connectivity index (χ2v) is 6.37. The lowest BCUT2D eigenvalue weighted by Crippen LogP contribution is -2.43. The maximum absolute atomic E-state index is 12.1. The maximum atomic E-state index is 12.1. The van der Waals surface area contributed by atoms with Crippen molar-refractivity contribution in [1.82, 2.24) is 10.9 Å². The number of benzene rings is 2. The summed E-state index contributed by atoms with van der Waals surface area (Å²) in [6, 6.07) is 12.5. The molecule has 6 heteroatoms. The molecule has 144 valence electrons. The van der Waals surface area contributed by atoms with Crippen LogP contribution in [0.25, 0.3) is 0 Å². The zero-order valence-corrected chi connectivity index (χ0v) is 16.2. The Labute approximate surface area is 159 Å². The van der Waals surface area contributed by atoms with Crippen molar-refractivity contribution in [2.45, 2.75) is 40.2 Å². The van der Waals surface area contributed by atoms with Gasteiger partial charge in [-0.05, 0) is 62.6 Å². The Morgan fingerprint density at radius 1 is 1.00 bits per heavy atom. The predicted molar refractivity (Wildman–Crippen MR) is 104 cm³/mol. The lowest BCUT2D eigenvalue weighted by molar-refractivity contribution is -0.123. The van der Waals surface area contributed by atoms with E-state index in [4.69, 9.17) is 9.47 Å². The number of hydrogen-bond donors (Lipinski definition) is 2. The SMILES string of the molecule is CCC(C)Oc1ccc(C(=O)NNC(=O)COc2c(C)cccc2C)cc1. The number of carbonyl (C=O) groups is 2. The number of para-hydroxylation sites is 1. The Hall–Kier alpha value is -3.02. The molecule has 0 fully saturated rings. The van der Waals surface area contributed by atoms with Crippen LogP contribution in [0.3, 0.4) is 0 Å². The van der Waals surface area contributed by atoms with Gasteiger partial charge in [0, 0.05) is 5.56 Å². The molecule has 0 spiro atoms. The molecule has 27 heavy (non-hydrogen) atoms. The lowest BCUT2D eigenvalue weighted by atomic mass is 10.1. The summed E-state index contributed by atoms with van der Waals surface area (Å²) in [5, 5.41) is 0. The number of aryl methyl sites for hydroxylation is 2. The zero-order chi connectivity index (χ0) is 19.8. The Kier molecular flexibility index (Phi) is 7.23. The first-order chi connectivity index (χ1) is 12.9. The molecule has 0 aliphatic rings. The zero-order valence-electron chi connectivity index (χ0n) is 16.2. The van der Waals surface area contributed by atoms with E-state index in [1.54, 1.807) is 24.3 Å². The Morgan fingerprint density at radius 3 is 2.22 bits per heavy atom. The Balaban J connectivity index is 1.81. The largest absolute Gasteiger partial charge is 0.491 e. The molecule has 2 aromatic rings. The fourth-order valence-electron chi connectivity index (χ4n) is 2.40. The minimum absolute atomic E-state index is 0.112. The van der Waals surface area contributed by atoms with Gasteiger partial charge in [0.05, 0.1) is 6.10 Å². The highest BCUT2D eigenvalue weighted by Gasteiger charge is 2.10. The number of ether oxygens (including phenoxy) is 2. The normalized spacial score (nSPS) is 11.4. The molecule has 0 aliphatic carbocycles. The van der Waals surface area contributed by atoms with Crippen LogP contribution in [0.5, 0.6) is 11.5 Å². The highest BCUT2D eigenvalue weighted by molar-refractivity contribution is 5.95. The van der Waals surface area contributed by atoms with Crippen LogP contribution in [0.4, 0.5) is 0 Å². The van der Waals surface area contributed by atoms with Gasteiger partial charge in [-0.25, -0.2) is 0 Å². The van der Waals surface area contributed by atoms with E-state index in [0.717, 1.165) is 17.5 Å². The molecule has 0 aromatic heterocycles. The molecule has 0 aliphatic heterocycles. The highest BCUT2D eigenvalue weighted by Crippen LogP contribution is 2.22. The molecule has 0 heterocycles. The van der Waals surface area contributed by atoms with Crippen molar-refractivity contribution in [2.24, 2.45) is 0 Å². The molecular weight excluding hydrogens is 344 g/mol. The summed E-state index contributed by atoms with van der Waals surface area (Å²) in [7, 11) is 0. The van der Waals surface area contributed by atoms with E-state index in [1.165, 1.54) is 0 Å². The van der Waals surface area contributed by atoms with Crippen molar-refractivity contribution in [3.8, 4) is 11.5 Å². The summed E-state index contributed by atoms with van der Waals surface area (Å²) >= 11 is 0. The van der Waals surface area contributed by atoms with Crippen LogP contribution < -0.4 is 20.3 Å². The van der Waals surface area contributed by atoms with Gasteiger partial charge in [0.2, 0.25) is 0 Å². The van der Waals surface area contributed by atoms with Gasteiger partial charge in [0.25, 0.3) is 11.8 Å². The summed E-state index contributed by atoms with van der Waals surface area (Å²) in [5.74, 6) is 0.524. The van der Waals surface area contributed by atoms with Crippen LogP contribution in [-0.2, 0) is 4.79 Å². The van der Waals surface area contributed by atoms with E-state index >= 15 is 0 Å². The molecule has 2 aromatic carbocycles. The fourth-order valence-corrected chi connectivity index (χ4v) is 2.40. The van der Waals surface area contributed by atoms with Gasteiger partial charge in [-0.2, -0.15) is 0 Å². The van der Waals surface area contributed by atoms with E-state index in [-0.39, 0.29) is 12.7 Å². The Morgan fingerprint density at radius 2 is 1.63 bits per heavy atom. The van der Waals surface area contributed by atoms with Crippen molar-refractivity contribution < 1.29 is 19.1 Å². The number of hydrazine groups is 1. The molecular formula is C21H26N2O4. The highest BCUT2D eigenvalue weighted by atomic mass is 16.5. The Bertz CT molecular complexity index is 767. The summed E-state index contributed by atoms with van der Waals surface area (Å²) in [6.07, 6.45) is 1.01. The average Bonchev–Trinajstić information content (AvgIpc) is 2.66. The number of rotatable bonds is 7. The summed E-state index contributed by atoms with van der Waals surface area (Å²) in [4.78, 5) is 24.0. The fraction of sp³-hybridized carbons (Fsp3) is 0.333. The molecule has 1 unspecified atom stereocenters. The van der Waals surface area contributed by atoms with Crippen molar-refractivity contribution >= 4 is 11.8 Å². The van der Waals surface area contributed by atoms with Crippen LogP contribution in [0.1, 0.15) is 41.8 Å². The third kappa shape index (κ3) is 6.02. The van der Waals surface area contributed by atoms with Crippen LogP contribution in [-0.4, -0.2) is 24.5 Å². The molecule has 2 N–H and O–H groups in total. The van der Waals surface area contributed by atoms with Crippen molar-refractivity contribution in [1.29, 1.82) is 0 Å². The molecule has 1 atom stereocenters. The van der Waals surface area contributed by atoms with Crippen molar-refractivity contribution in [3.05, 3.63) is 59.2 Å². The minimum Gasteiger partial charge on any atom is -0.491 e. The van der Waals surface area contributed by atoms with Crippen LogP contribution in [0, 0.1) is 13.8 Å². The molecule has 0 saturated heterocycles. The predicted octanol–water partition coefficient (Wildman–Crippen LogP) is 3.32. The number of nitrogens with one attached hydrogen (secondary N) is 2. The van der Waals surface area contributed by atoms with Gasteiger partial charge in [-0.3, -0.25) is 20.4 Å². The van der Waals surface area contributed by atoms with Gasteiger partial charge < -0.3 is 9.47 Å². The molecule has 6 nitrogen and oxygen atoms in total. The molecule has 2 rings (SSSR count). The second-order valence-electron chi connectivity index (χ2n) is 6.37. The standard InChI is InChI=1S/C21H26N2O4/c1-5-16(4)27-18-11-9-17(10-12-18)21(25)23-22-19(24)13-26-20-14(2)7-6-8-15(20)3/h6-12,16H,5,13H2,1-4H3,(H,22,24)(H,23,25). The van der Waals surface area contributed by atoms with E-state index in [9.17, 15) is 9.59 Å². The van der Waals surface area contributed by atoms with E-state index in [2.05, 4.69) is 10.9 Å². The minimum atomic E-state index is -0.442. The van der Waals surface area contributed by atoms with Crippen LogP contribution in [0.2, 0.25) is 0 Å². The van der Waals surface area contributed by atoms with E-state index in [0.29, 0.717) is 17.1 Å². The molecule has 2 amide bonds. The molecule has 0 saturated carbocycles. The number of carbonyl (C=O) groups excluding carboxylic acids is 2. The van der Waals surface area contributed by atoms with E-state index in [1.807, 2.05) is 45.9 Å².